The zero-order valence-corrected chi connectivity index (χ0v) is 23.7. The maximum absolute atomic E-state index is 13.9. The SMILES string of the molecule is CC(C)(C)C1CCc2c(sc(NC(=O)C34CC5CC(CC(C5)C3)C4)c2C(=O)Nc2ccccc2C(F)(F)F)C1. The van der Waals surface area contributed by atoms with E-state index < -0.39 is 17.6 Å². The van der Waals surface area contributed by atoms with Gasteiger partial charge in [0.05, 0.1) is 22.2 Å². The number of benzene rings is 1. The van der Waals surface area contributed by atoms with Crippen LogP contribution in [0.1, 0.15) is 92.1 Å². The maximum Gasteiger partial charge on any atom is 0.418 e. The minimum Gasteiger partial charge on any atom is -0.321 e. The summed E-state index contributed by atoms with van der Waals surface area (Å²) in [5, 5.41) is 6.24. The number of anilines is 2. The minimum atomic E-state index is -4.59. The third-order valence-corrected chi connectivity index (χ3v) is 11.1. The van der Waals surface area contributed by atoms with E-state index in [9.17, 15) is 22.8 Å². The fourth-order valence-electron chi connectivity index (χ4n) is 8.30. The van der Waals surface area contributed by atoms with Crippen LogP contribution >= 0.6 is 11.3 Å². The van der Waals surface area contributed by atoms with Gasteiger partial charge in [-0.15, -0.1) is 11.3 Å². The van der Waals surface area contributed by atoms with Gasteiger partial charge in [-0.3, -0.25) is 9.59 Å². The molecule has 0 aliphatic heterocycles. The molecule has 2 N–H and O–H groups in total. The summed E-state index contributed by atoms with van der Waals surface area (Å²) >= 11 is 1.45. The highest BCUT2D eigenvalue weighted by atomic mass is 32.1. The van der Waals surface area contributed by atoms with Crippen molar-refractivity contribution in [3.8, 4) is 0 Å². The van der Waals surface area contributed by atoms with Crippen molar-refractivity contribution >= 4 is 33.8 Å². The smallest absolute Gasteiger partial charge is 0.321 e. The number of hydrogen-bond donors (Lipinski definition) is 2. The molecule has 4 nitrogen and oxygen atoms in total. The fraction of sp³-hybridized carbons (Fsp3) is 0.613. The van der Waals surface area contributed by atoms with Crippen molar-refractivity contribution < 1.29 is 22.8 Å². The Labute approximate surface area is 232 Å². The molecule has 7 rings (SSSR count). The van der Waals surface area contributed by atoms with E-state index in [-0.39, 0.29) is 22.4 Å². The van der Waals surface area contributed by atoms with Crippen molar-refractivity contribution in [2.75, 3.05) is 10.6 Å². The number of para-hydroxylation sites is 1. The Balaban J connectivity index is 1.34. The largest absolute Gasteiger partial charge is 0.418 e. The molecule has 39 heavy (non-hydrogen) atoms. The first-order valence-corrected chi connectivity index (χ1v) is 15.1. The first-order valence-electron chi connectivity index (χ1n) is 14.3. The molecule has 5 aliphatic rings. The van der Waals surface area contributed by atoms with Gasteiger partial charge in [-0.2, -0.15) is 13.2 Å². The Morgan fingerprint density at radius 1 is 0.949 bits per heavy atom. The first-order chi connectivity index (χ1) is 18.3. The van der Waals surface area contributed by atoms with Crippen molar-refractivity contribution in [2.45, 2.75) is 84.7 Å². The monoisotopic (exact) mass is 558 g/mol. The topological polar surface area (TPSA) is 58.2 Å². The van der Waals surface area contributed by atoms with E-state index in [1.165, 1.54) is 48.8 Å². The molecule has 0 radical (unpaired) electrons. The van der Waals surface area contributed by atoms with Gasteiger partial charge < -0.3 is 10.6 Å². The molecule has 1 aromatic carbocycles. The van der Waals surface area contributed by atoms with Gasteiger partial charge in [0.2, 0.25) is 5.91 Å². The van der Waals surface area contributed by atoms with Crippen molar-refractivity contribution in [3.05, 3.63) is 45.8 Å². The molecule has 4 saturated carbocycles. The van der Waals surface area contributed by atoms with Crippen LogP contribution in [0, 0.1) is 34.5 Å². The summed E-state index contributed by atoms with van der Waals surface area (Å²) in [6.45, 7) is 6.65. The quantitative estimate of drug-likeness (QED) is 0.396. The van der Waals surface area contributed by atoms with E-state index in [1.807, 2.05) is 0 Å². The lowest BCUT2D eigenvalue weighted by atomic mass is 9.49. The van der Waals surface area contributed by atoms with Gasteiger partial charge in [0.25, 0.3) is 5.91 Å². The first kappa shape index (κ1) is 26.9. The van der Waals surface area contributed by atoms with E-state index in [0.717, 1.165) is 48.6 Å². The molecule has 210 valence electrons. The molecule has 1 aromatic heterocycles. The molecule has 1 unspecified atom stereocenters. The van der Waals surface area contributed by atoms with Gasteiger partial charge in [-0.05, 0) is 105 Å². The van der Waals surface area contributed by atoms with E-state index in [0.29, 0.717) is 40.7 Å². The molecular formula is C31H37F3N2O2S. The summed E-state index contributed by atoms with van der Waals surface area (Å²) in [5.74, 6) is 1.65. The molecule has 4 fully saturated rings. The lowest BCUT2D eigenvalue weighted by Crippen LogP contribution is -2.51. The van der Waals surface area contributed by atoms with E-state index >= 15 is 0 Å². The van der Waals surface area contributed by atoms with Crippen LogP contribution < -0.4 is 10.6 Å². The minimum absolute atomic E-state index is 0.00249. The molecule has 0 saturated heterocycles. The Kier molecular flexibility index (Phi) is 6.44. The number of carbonyl (C=O) groups is 2. The van der Waals surface area contributed by atoms with Crippen LogP contribution in [0.5, 0.6) is 0 Å². The van der Waals surface area contributed by atoms with Crippen molar-refractivity contribution in [1.29, 1.82) is 0 Å². The van der Waals surface area contributed by atoms with Gasteiger partial charge in [-0.25, -0.2) is 0 Å². The normalized spacial score (nSPS) is 29.7. The van der Waals surface area contributed by atoms with Crippen LogP contribution in [0.3, 0.4) is 0 Å². The van der Waals surface area contributed by atoms with Gasteiger partial charge in [-0.1, -0.05) is 32.9 Å². The second-order valence-electron chi connectivity index (χ2n) is 13.7. The summed E-state index contributed by atoms with van der Waals surface area (Å²) in [4.78, 5) is 28.7. The van der Waals surface area contributed by atoms with Gasteiger partial charge in [0.1, 0.15) is 5.00 Å². The second-order valence-corrected chi connectivity index (χ2v) is 14.8. The van der Waals surface area contributed by atoms with Crippen LogP contribution in [-0.2, 0) is 23.8 Å². The summed E-state index contributed by atoms with van der Waals surface area (Å²) in [7, 11) is 0. The number of hydrogen-bond acceptors (Lipinski definition) is 3. The number of amides is 2. The third kappa shape index (κ3) is 4.91. The highest BCUT2D eigenvalue weighted by molar-refractivity contribution is 7.17. The molecule has 2 amide bonds. The standard InChI is InChI=1S/C31H37F3N2O2S/c1-29(2,3)20-8-9-21-24(13-20)39-27(25(21)26(37)35-23-7-5-4-6-22(23)31(32,33)34)36-28(38)30-14-17-10-18(15-30)12-19(11-17)16-30/h4-7,17-20H,8-16H2,1-3H3,(H,35,37)(H,36,38). The summed E-state index contributed by atoms with van der Waals surface area (Å²) in [6.07, 6.45) is 4.16. The zero-order chi connectivity index (χ0) is 27.7. The molecule has 2 aromatic rings. The number of nitrogens with one attached hydrogen (secondary N) is 2. The van der Waals surface area contributed by atoms with Crippen molar-refractivity contribution in [1.82, 2.24) is 0 Å². The predicted molar refractivity (Wildman–Crippen MR) is 148 cm³/mol. The van der Waals surface area contributed by atoms with Gasteiger partial charge in [0, 0.05) is 4.88 Å². The van der Waals surface area contributed by atoms with Crippen molar-refractivity contribution in [2.24, 2.45) is 34.5 Å². The van der Waals surface area contributed by atoms with E-state index in [4.69, 9.17) is 0 Å². The van der Waals surface area contributed by atoms with Gasteiger partial charge >= 0.3 is 6.18 Å². The fourth-order valence-corrected chi connectivity index (χ4v) is 9.62. The Hall–Kier alpha value is -2.35. The highest BCUT2D eigenvalue weighted by Gasteiger charge is 2.55. The second kappa shape index (κ2) is 9.35. The van der Waals surface area contributed by atoms with Crippen LogP contribution in [0.25, 0.3) is 0 Å². The zero-order valence-electron chi connectivity index (χ0n) is 22.8. The Morgan fingerprint density at radius 2 is 1.56 bits per heavy atom. The molecule has 8 heteroatoms. The summed E-state index contributed by atoms with van der Waals surface area (Å²) in [5.41, 5.74) is -0.214. The molecular weight excluding hydrogens is 521 g/mol. The number of alkyl halides is 3. The maximum atomic E-state index is 13.9. The average molecular weight is 559 g/mol. The highest BCUT2D eigenvalue weighted by Crippen LogP contribution is 2.60. The van der Waals surface area contributed by atoms with Crippen molar-refractivity contribution in [3.63, 3.8) is 0 Å². The number of fused-ring (bicyclic) bond motifs is 1. The number of halogens is 3. The summed E-state index contributed by atoms with van der Waals surface area (Å²) < 4.78 is 41.0. The van der Waals surface area contributed by atoms with Crippen LogP contribution in [0.4, 0.5) is 23.9 Å². The lowest BCUT2D eigenvalue weighted by molar-refractivity contribution is -0.140. The molecule has 0 spiro atoms. The predicted octanol–water partition coefficient (Wildman–Crippen LogP) is 8.33. The van der Waals surface area contributed by atoms with E-state index in [2.05, 4.69) is 31.4 Å². The number of rotatable bonds is 4. The molecule has 1 atom stereocenters. The van der Waals surface area contributed by atoms with Gasteiger partial charge in [0.15, 0.2) is 0 Å². The van der Waals surface area contributed by atoms with Crippen LogP contribution in [-0.4, -0.2) is 11.8 Å². The summed E-state index contributed by atoms with van der Waals surface area (Å²) in [6, 6.07) is 5.05. The average Bonchev–Trinajstić information content (AvgIpc) is 3.19. The molecule has 5 aliphatic carbocycles. The third-order valence-electron chi connectivity index (χ3n) is 9.94. The Bertz CT molecular complexity index is 1270. The van der Waals surface area contributed by atoms with E-state index in [1.54, 1.807) is 0 Å². The molecule has 4 bridgehead atoms. The lowest BCUT2D eigenvalue weighted by Gasteiger charge is -2.55. The number of thiophene rings is 1. The molecule has 1 heterocycles. The van der Waals surface area contributed by atoms with Crippen LogP contribution in [0.2, 0.25) is 0 Å². The number of carbonyl (C=O) groups excluding carboxylic acids is 2. The Morgan fingerprint density at radius 3 is 2.15 bits per heavy atom. The van der Waals surface area contributed by atoms with Crippen LogP contribution in [0.15, 0.2) is 24.3 Å².